The first-order valence-corrected chi connectivity index (χ1v) is 8.33. The van der Waals surface area contributed by atoms with Gasteiger partial charge in [0.05, 0.1) is 0 Å². The van der Waals surface area contributed by atoms with Crippen LogP contribution in [0.25, 0.3) is 0 Å². The van der Waals surface area contributed by atoms with Crippen molar-refractivity contribution in [1.82, 2.24) is 5.32 Å². The average molecular weight is 356 g/mol. The maximum Gasteiger partial charge on any atom is 0.223 e. The molecule has 0 unspecified atom stereocenters. The summed E-state index contributed by atoms with van der Waals surface area (Å²) in [4.78, 5) is 12.4. The number of amides is 1. The first-order chi connectivity index (χ1) is 10.0. The number of hydrogen-bond acceptors (Lipinski definition) is 2. The molecule has 0 bridgehead atoms. The first-order valence-electron chi connectivity index (χ1n) is 7.54. The number of carbonyl (C=O) groups excluding carboxylic acids is 1. The third kappa shape index (κ3) is 7.63. The average Bonchev–Trinajstić information content (AvgIpc) is 2.42. The Bertz CT molecular complexity index is 435. The van der Waals surface area contributed by atoms with Crippen LogP contribution in [0.15, 0.2) is 28.7 Å². The monoisotopic (exact) mass is 355 g/mol. The van der Waals surface area contributed by atoms with Crippen molar-refractivity contribution < 1.29 is 9.53 Å². The highest BCUT2D eigenvalue weighted by Crippen LogP contribution is 2.20. The van der Waals surface area contributed by atoms with Crippen LogP contribution in [0.1, 0.15) is 32.3 Å². The summed E-state index contributed by atoms with van der Waals surface area (Å²) in [5.74, 6) is 0.688. The summed E-state index contributed by atoms with van der Waals surface area (Å²) in [5, 5.41) is 3.03. The predicted molar refractivity (Wildman–Crippen MR) is 90.3 cm³/mol. The third-order valence-electron chi connectivity index (χ3n) is 3.32. The van der Waals surface area contributed by atoms with Crippen molar-refractivity contribution in [2.24, 2.45) is 11.8 Å². The van der Waals surface area contributed by atoms with Crippen LogP contribution in [-0.4, -0.2) is 26.2 Å². The summed E-state index contributed by atoms with van der Waals surface area (Å²) in [6.45, 7) is 5.68. The van der Waals surface area contributed by atoms with Crippen LogP contribution in [0.5, 0.6) is 0 Å². The minimum Gasteiger partial charge on any atom is -0.385 e. The Balaban J connectivity index is 2.60. The SMILES string of the molecule is COCCCNC(=O)[C@H](Cc1cccc(Br)c1)CC(C)C. The van der Waals surface area contributed by atoms with E-state index in [9.17, 15) is 4.79 Å². The van der Waals surface area contributed by atoms with E-state index in [1.54, 1.807) is 7.11 Å². The van der Waals surface area contributed by atoms with Gasteiger partial charge in [-0.25, -0.2) is 0 Å². The summed E-state index contributed by atoms with van der Waals surface area (Å²) < 4.78 is 6.06. The van der Waals surface area contributed by atoms with Gasteiger partial charge in [0.25, 0.3) is 0 Å². The molecule has 21 heavy (non-hydrogen) atoms. The molecule has 0 fully saturated rings. The van der Waals surface area contributed by atoms with Crippen LogP contribution < -0.4 is 5.32 Å². The molecule has 1 aromatic rings. The van der Waals surface area contributed by atoms with E-state index >= 15 is 0 Å². The Hall–Kier alpha value is -0.870. The van der Waals surface area contributed by atoms with Gasteiger partial charge in [-0.15, -0.1) is 0 Å². The van der Waals surface area contributed by atoms with E-state index in [0.717, 1.165) is 23.7 Å². The first kappa shape index (κ1) is 18.2. The second kappa shape index (κ2) is 9.96. The number of carbonyl (C=O) groups is 1. The highest BCUT2D eigenvalue weighted by atomic mass is 79.9. The molecular formula is C17H26BrNO2. The van der Waals surface area contributed by atoms with E-state index in [0.29, 0.717) is 19.1 Å². The lowest BCUT2D eigenvalue weighted by Gasteiger charge is -2.19. The van der Waals surface area contributed by atoms with Crippen molar-refractivity contribution in [3.63, 3.8) is 0 Å². The lowest BCUT2D eigenvalue weighted by atomic mass is 9.90. The number of rotatable bonds is 9. The van der Waals surface area contributed by atoms with Crippen molar-refractivity contribution in [1.29, 1.82) is 0 Å². The molecule has 0 aliphatic rings. The molecule has 0 radical (unpaired) electrons. The predicted octanol–water partition coefficient (Wildman–Crippen LogP) is 3.81. The molecule has 0 spiro atoms. The zero-order chi connectivity index (χ0) is 15.7. The fourth-order valence-electron chi connectivity index (χ4n) is 2.37. The van der Waals surface area contributed by atoms with Gasteiger partial charge in [-0.05, 0) is 42.9 Å². The molecule has 1 rings (SSSR count). The Labute approximate surface area is 136 Å². The molecule has 0 heterocycles. The van der Waals surface area contributed by atoms with Crippen LogP contribution in [0, 0.1) is 11.8 Å². The third-order valence-corrected chi connectivity index (χ3v) is 3.82. The number of nitrogens with one attached hydrogen (secondary N) is 1. The van der Waals surface area contributed by atoms with Gasteiger partial charge in [-0.3, -0.25) is 4.79 Å². The van der Waals surface area contributed by atoms with E-state index < -0.39 is 0 Å². The van der Waals surface area contributed by atoms with E-state index in [1.165, 1.54) is 5.56 Å². The molecule has 1 atom stereocenters. The van der Waals surface area contributed by atoms with Crippen LogP contribution >= 0.6 is 15.9 Å². The number of ether oxygens (including phenoxy) is 1. The highest BCUT2D eigenvalue weighted by molar-refractivity contribution is 9.10. The number of benzene rings is 1. The van der Waals surface area contributed by atoms with Crippen molar-refractivity contribution >= 4 is 21.8 Å². The maximum absolute atomic E-state index is 12.4. The molecule has 0 aromatic heterocycles. The van der Waals surface area contributed by atoms with E-state index in [1.807, 2.05) is 12.1 Å². The zero-order valence-electron chi connectivity index (χ0n) is 13.2. The molecule has 0 aliphatic carbocycles. The Morgan fingerprint density at radius 1 is 1.38 bits per heavy atom. The molecule has 1 amide bonds. The van der Waals surface area contributed by atoms with E-state index in [4.69, 9.17) is 4.74 Å². The lowest BCUT2D eigenvalue weighted by Crippen LogP contribution is -2.33. The molecule has 0 saturated heterocycles. The molecule has 0 saturated carbocycles. The summed E-state index contributed by atoms with van der Waals surface area (Å²) >= 11 is 3.48. The second-order valence-electron chi connectivity index (χ2n) is 5.80. The van der Waals surface area contributed by atoms with Gasteiger partial charge in [-0.2, -0.15) is 0 Å². The second-order valence-corrected chi connectivity index (χ2v) is 6.71. The van der Waals surface area contributed by atoms with Gasteiger partial charge in [0.1, 0.15) is 0 Å². The van der Waals surface area contributed by atoms with Gasteiger partial charge in [0, 0.05) is 30.7 Å². The summed E-state index contributed by atoms with van der Waals surface area (Å²) in [5.41, 5.74) is 1.20. The van der Waals surface area contributed by atoms with Crippen LogP contribution in [0.2, 0.25) is 0 Å². The van der Waals surface area contributed by atoms with Gasteiger partial charge >= 0.3 is 0 Å². The van der Waals surface area contributed by atoms with Crippen LogP contribution in [-0.2, 0) is 16.0 Å². The van der Waals surface area contributed by atoms with Gasteiger partial charge < -0.3 is 10.1 Å². The van der Waals surface area contributed by atoms with Crippen molar-refractivity contribution in [2.75, 3.05) is 20.3 Å². The minimum atomic E-state index is 0.0295. The highest BCUT2D eigenvalue weighted by Gasteiger charge is 2.20. The molecule has 1 aromatic carbocycles. The van der Waals surface area contributed by atoms with E-state index in [2.05, 4.69) is 47.2 Å². The topological polar surface area (TPSA) is 38.3 Å². The minimum absolute atomic E-state index is 0.0295. The quantitative estimate of drug-likeness (QED) is 0.684. The summed E-state index contributed by atoms with van der Waals surface area (Å²) in [6, 6.07) is 8.19. The molecule has 3 nitrogen and oxygen atoms in total. The molecule has 4 heteroatoms. The summed E-state index contributed by atoms with van der Waals surface area (Å²) in [7, 11) is 1.68. The fraction of sp³-hybridized carbons (Fsp3) is 0.588. The summed E-state index contributed by atoms with van der Waals surface area (Å²) in [6.07, 6.45) is 2.55. The normalized spacial score (nSPS) is 12.4. The lowest BCUT2D eigenvalue weighted by molar-refractivity contribution is -0.125. The van der Waals surface area contributed by atoms with Crippen LogP contribution in [0.4, 0.5) is 0 Å². The molecule has 1 N–H and O–H groups in total. The molecule has 0 aliphatic heterocycles. The van der Waals surface area contributed by atoms with Crippen molar-refractivity contribution in [3.8, 4) is 0 Å². The molecule has 118 valence electrons. The van der Waals surface area contributed by atoms with Crippen molar-refractivity contribution in [3.05, 3.63) is 34.3 Å². The van der Waals surface area contributed by atoms with Gasteiger partial charge in [0.15, 0.2) is 0 Å². The van der Waals surface area contributed by atoms with Crippen molar-refractivity contribution in [2.45, 2.75) is 33.1 Å². The largest absolute Gasteiger partial charge is 0.385 e. The Kier molecular flexibility index (Phi) is 8.62. The zero-order valence-corrected chi connectivity index (χ0v) is 14.8. The van der Waals surface area contributed by atoms with Crippen LogP contribution in [0.3, 0.4) is 0 Å². The van der Waals surface area contributed by atoms with E-state index in [-0.39, 0.29) is 11.8 Å². The van der Waals surface area contributed by atoms with Gasteiger partial charge in [-0.1, -0.05) is 41.9 Å². The number of hydrogen-bond donors (Lipinski definition) is 1. The standard InChI is InChI=1S/C17H26BrNO2/c1-13(2)10-15(17(20)19-8-5-9-21-3)11-14-6-4-7-16(18)12-14/h4,6-7,12-13,15H,5,8-11H2,1-3H3,(H,19,20)/t15-/m0/s1. The maximum atomic E-state index is 12.4. The smallest absolute Gasteiger partial charge is 0.223 e. The Morgan fingerprint density at radius 3 is 2.76 bits per heavy atom. The number of halogens is 1. The Morgan fingerprint density at radius 2 is 2.14 bits per heavy atom. The molecular weight excluding hydrogens is 330 g/mol. The number of methoxy groups -OCH3 is 1. The van der Waals surface area contributed by atoms with Gasteiger partial charge in [0.2, 0.25) is 5.91 Å². The fourth-order valence-corrected chi connectivity index (χ4v) is 2.82.